The third kappa shape index (κ3) is 4.19. The number of hydrogen-bond donors (Lipinski definition) is 0. The van der Waals surface area contributed by atoms with E-state index in [0.717, 1.165) is 42.4 Å². The maximum absolute atomic E-state index is 12.7. The molecule has 1 fully saturated rings. The van der Waals surface area contributed by atoms with Gasteiger partial charge in [0.2, 0.25) is 5.91 Å². The summed E-state index contributed by atoms with van der Waals surface area (Å²) in [6.45, 7) is 5.37. The third-order valence-corrected chi connectivity index (χ3v) is 5.84. The van der Waals surface area contributed by atoms with E-state index in [1.165, 1.54) is 11.3 Å². The molecule has 138 valence electrons. The number of aryl methyl sites for hydroxylation is 1. The number of thiazole rings is 1. The Kier molecular flexibility index (Phi) is 5.21. The minimum atomic E-state index is 0.170. The van der Waals surface area contributed by atoms with Crippen LogP contribution in [0.5, 0.6) is 0 Å². The zero-order chi connectivity index (χ0) is 18.6. The predicted octanol–water partition coefficient (Wildman–Crippen LogP) is 4.01. The fraction of sp³-hybridized carbons (Fsp3) is 0.273. The van der Waals surface area contributed by atoms with Crippen molar-refractivity contribution in [2.45, 2.75) is 13.3 Å². The molecule has 4 nitrogen and oxygen atoms in total. The van der Waals surface area contributed by atoms with Crippen LogP contribution in [0.1, 0.15) is 11.3 Å². The standard InChI is InChI=1S/C22H23N3OS/c1-17-6-5-7-18(14-17)22-23-19(16-27-22)15-21(26)25-12-10-24(11-13-25)20-8-3-2-4-9-20/h2-9,14,16H,10-13,15H2,1H3. The third-order valence-electron chi connectivity index (χ3n) is 4.90. The summed E-state index contributed by atoms with van der Waals surface area (Å²) in [4.78, 5) is 21.7. The molecule has 0 saturated carbocycles. The van der Waals surface area contributed by atoms with Crippen LogP contribution >= 0.6 is 11.3 Å². The van der Waals surface area contributed by atoms with E-state index in [1.807, 2.05) is 22.4 Å². The van der Waals surface area contributed by atoms with Gasteiger partial charge in [-0.1, -0.05) is 42.0 Å². The highest BCUT2D eigenvalue weighted by Gasteiger charge is 2.22. The lowest BCUT2D eigenvalue weighted by Gasteiger charge is -2.36. The van der Waals surface area contributed by atoms with Gasteiger partial charge < -0.3 is 9.80 Å². The second-order valence-electron chi connectivity index (χ2n) is 6.89. The average Bonchev–Trinajstić information content (AvgIpc) is 3.17. The van der Waals surface area contributed by atoms with Crippen molar-refractivity contribution < 1.29 is 4.79 Å². The Hall–Kier alpha value is -2.66. The van der Waals surface area contributed by atoms with Crippen LogP contribution in [0.2, 0.25) is 0 Å². The predicted molar refractivity (Wildman–Crippen MR) is 111 cm³/mol. The Morgan fingerprint density at radius 2 is 1.81 bits per heavy atom. The van der Waals surface area contributed by atoms with Crippen molar-refractivity contribution in [1.82, 2.24) is 9.88 Å². The lowest BCUT2D eigenvalue weighted by atomic mass is 10.1. The molecule has 0 spiro atoms. The lowest BCUT2D eigenvalue weighted by Crippen LogP contribution is -2.49. The van der Waals surface area contributed by atoms with Crippen LogP contribution in [0.15, 0.2) is 60.0 Å². The first kappa shape index (κ1) is 17.7. The van der Waals surface area contributed by atoms with Gasteiger partial charge in [-0.15, -0.1) is 11.3 Å². The van der Waals surface area contributed by atoms with Crippen molar-refractivity contribution >= 4 is 22.9 Å². The number of amides is 1. The zero-order valence-electron chi connectivity index (χ0n) is 15.5. The van der Waals surface area contributed by atoms with Gasteiger partial charge in [-0.25, -0.2) is 4.98 Å². The van der Waals surface area contributed by atoms with Crippen LogP contribution in [0, 0.1) is 6.92 Å². The van der Waals surface area contributed by atoms with E-state index in [-0.39, 0.29) is 5.91 Å². The Balaban J connectivity index is 1.35. The minimum Gasteiger partial charge on any atom is -0.368 e. The maximum Gasteiger partial charge on any atom is 0.228 e. The molecule has 2 heterocycles. The Labute approximate surface area is 164 Å². The first-order valence-electron chi connectivity index (χ1n) is 9.28. The van der Waals surface area contributed by atoms with Crippen molar-refractivity contribution in [2.24, 2.45) is 0 Å². The molecule has 1 aliphatic heterocycles. The van der Waals surface area contributed by atoms with Crippen LogP contribution < -0.4 is 4.90 Å². The number of benzene rings is 2. The molecule has 0 aliphatic carbocycles. The molecule has 0 radical (unpaired) electrons. The molecular weight excluding hydrogens is 354 g/mol. The largest absolute Gasteiger partial charge is 0.368 e. The number of nitrogens with zero attached hydrogens (tertiary/aromatic N) is 3. The monoisotopic (exact) mass is 377 g/mol. The van der Waals surface area contributed by atoms with Crippen LogP contribution in [-0.4, -0.2) is 42.0 Å². The number of carbonyl (C=O) groups excluding carboxylic acids is 1. The molecule has 3 aromatic rings. The SMILES string of the molecule is Cc1cccc(-c2nc(CC(=O)N3CCN(c4ccccc4)CC3)cs2)c1. The number of carbonyl (C=O) groups is 1. The first-order valence-corrected chi connectivity index (χ1v) is 10.2. The average molecular weight is 378 g/mol. The number of anilines is 1. The summed E-state index contributed by atoms with van der Waals surface area (Å²) < 4.78 is 0. The molecular formula is C22H23N3OS. The van der Waals surface area contributed by atoms with E-state index in [9.17, 15) is 4.79 Å². The van der Waals surface area contributed by atoms with Gasteiger partial charge in [0, 0.05) is 42.8 Å². The van der Waals surface area contributed by atoms with Crippen molar-refractivity contribution in [3.8, 4) is 10.6 Å². The van der Waals surface area contributed by atoms with Crippen LogP contribution in [0.25, 0.3) is 10.6 Å². The van der Waals surface area contributed by atoms with E-state index in [4.69, 9.17) is 0 Å². The molecule has 0 unspecified atom stereocenters. The molecule has 5 heteroatoms. The summed E-state index contributed by atoms with van der Waals surface area (Å²) >= 11 is 1.61. The summed E-state index contributed by atoms with van der Waals surface area (Å²) in [5.41, 5.74) is 4.44. The highest BCUT2D eigenvalue weighted by molar-refractivity contribution is 7.13. The highest BCUT2D eigenvalue weighted by atomic mass is 32.1. The quantitative estimate of drug-likeness (QED) is 0.689. The van der Waals surface area contributed by atoms with Gasteiger partial charge in [0.1, 0.15) is 5.01 Å². The smallest absolute Gasteiger partial charge is 0.228 e. The summed E-state index contributed by atoms with van der Waals surface area (Å²) in [5, 5.41) is 2.99. The molecule has 1 amide bonds. The topological polar surface area (TPSA) is 36.4 Å². The molecule has 0 bridgehead atoms. The van der Waals surface area contributed by atoms with Gasteiger partial charge in [0.15, 0.2) is 0 Å². The van der Waals surface area contributed by atoms with E-state index < -0.39 is 0 Å². The maximum atomic E-state index is 12.7. The van der Waals surface area contributed by atoms with E-state index in [2.05, 4.69) is 59.3 Å². The number of aromatic nitrogens is 1. The van der Waals surface area contributed by atoms with Crippen LogP contribution in [0.4, 0.5) is 5.69 Å². The van der Waals surface area contributed by atoms with E-state index in [1.54, 1.807) is 11.3 Å². The van der Waals surface area contributed by atoms with Gasteiger partial charge in [-0.2, -0.15) is 0 Å². The normalized spacial score (nSPS) is 14.4. The summed E-state index contributed by atoms with van der Waals surface area (Å²) in [7, 11) is 0. The van der Waals surface area contributed by atoms with Crippen molar-refractivity contribution in [3.63, 3.8) is 0 Å². The number of piperazine rings is 1. The summed E-state index contributed by atoms with van der Waals surface area (Å²) in [5.74, 6) is 0.170. The minimum absolute atomic E-state index is 0.170. The van der Waals surface area contributed by atoms with Crippen molar-refractivity contribution in [3.05, 3.63) is 71.2 Å². The second-order valence-corrected chi connectivity index (χ2v) is 7.75. The Morgan fingerprint density at radius 3 is 2.56 bits per heavy atom. The van der Waals surface area contributed by atoms with Gasteiger partial charge in [0.25, 0.3) is 0 Å². The first-order chi connectivity index (χ1) is 13.2. The number of rotatable bonds is 4. The van der Waals surface area contributed by atoms with Gasteiger partial charge >= 0.3 is 0 Å². The van der Waals surface area contributed by atoms with Crippen molar-refractivity contribution in [2.75, 3.05) is 31.1 Å². The zero-order valence-corrected chi connectivity index (χ0v) is 16.3. The van der Waals surface area contributed by atoms with Crippen LogP contribution in [-0.2, 0) is 11.2 Å². The Bertz CT molecular complexity index is 914. The summed E-state index contributed by atoms with van der Waals surface area (Å²) in [6.07, 6.45) is 0.383. The van der Waals surface area contributed by atoms with Gasteiger partial charge in [-0.3, -0.25) is 4.79 Å². The lowest BCUT2D eigenvalue weighted by molar-refractivity contribution is -0.130. The molecule has 0 N–H and O–H groups in total. The number of para-hydroxylation sites is 1. The fourth-order valence-corrected chi connectivity index (χ4v) is 4.24. The van der Waals surface area contributed by atoms with E-state index >= 15 is 0 Å². The highest BCUT2D eigenvalue weighted by Crippen LogP contribution is 2.25. The fourth-order valence-electron chi connectivity index (χ4n) is 3.42. The molecule has 27 heavy (non-hydrogen) atoms. The molecule has 1 aromatic heterocycles. The van der Waals surface area contributed by atoms with Gasteiger partial charge in [0.05, 0.1) is 12.1 Å². The van der Waals surface area contributed by atoms with Gasteiger partial charge in [-0.05, 0) is 25.1 Å². The van der Waals surface area contributed by atoms with E-state index in [0.29, 0.717) is 6.42 Å². The number of hydrogen-bond acceptors (Lipinski definition) is 4. The molecule has 1 aliphatic rings. The molecule has 2 aromatic carbocycles. The summed E-state index contributed by atoms with van der Waals surface area (Å²) in [6, 6.07) is 18.7. The molecule has 4 rings (SSSR count). The molecule has 0 atom stereocenters. The Morgan fingerprint density at radius 1 is 1.04 bits per heavy atom. The molecule has 1 saturated heterocycles. The van der Waals surface area contributed by atoms with Crippen LogP contribution in [0.3, 0.4) is 0 Å². The second kappa shape index (κ2) is 7.92. The van der Waals surface area contributed by atoms with Crippen molar-refractivity contribution in [1.29, 1.82) is 0 Å².